The average molecular weight is 257 g/mol. The number of carbonyl (C=O) groups excluding carboxylic acids is 3. The third-order valence-corrected chi connectivity index (χ3v) is 2.61. The van der Waals surface area contributed by atoms with Crippen LogP contribution in [0.5, 0.6) is 0 Å². The summed E-state index contributed by atoms with van der Waals surface area (Å²) in [6, 6.07) is -0.792. The van der Waals surface area contributed by atoms with Crippen LogP contribution >= 0.6 is 0 Å². The Labute approximate surface area is 106 Å². The molecule has 1 atom stereocenters. The van der Waals surface area contributed by atoms with Gasteiger partial charge in [0, 0.05) is 13.0 Å². The van der Waals surface area contributed by atoms with E-state index in [2.05, 4.69) is 10.1 Å². The largest absolute Gasteiger partial charge is 0.466 e. The molecule has 0 heterocycles. The van der Waals surface area contributed by atoms with E-state index in [4.69, 9.17) is 4.74 Å². The van der Waals surface area contributed by atoms with Gasteiger partial charge in [-0.05, 0) is 19.8 Å². The van der Waals surface area contributed by atoms with Gasteiger partial charge in [0.15, 0.2) is 5.78 Å². The van der Waals surface area contributed by atoms with E-state index in [1.807, 2.05) is 0 Å². The molecule has 0 saturated heterocycles. The highest BCUT2D eigenvalue weighted by atomic mass is 16.5. The molecular formula is C12H19NO5. The highest BCUT2D eigenvalue weighted by molar-refractivity contribution is 5.94. The van der Waals surface area contributed by atoms with Crippen molar-refractivity contribution in [3.8, 4) is 0 Å². The number of hydrogen-bond acceptors (Lipinski definition) is 5. The van der Waals surface area contributed by atoms with Crippen LogP contribution < -0.4 is 5.32 Å². The summed E-state index contributed by atoms with van der Waals surface area (Å²) in [6.45, 7) is 1.82. The molecule has 0 aromatic heterocycles. The van der Waals surface area contributed by atoms with E-state index in [0.29, 0.717) is 0 Å². The standard InChI is InChI=1S/C12H19NO5/c1-3-18-11(15)6-9(12(16)8-4-5-8)13-10(14)7-17-2/h8-9H,3-7H2,1-2H3,(H,13,14). The number of esters is 1. The number of ether oxygens (including phenoxy) is 2. The minimum Gasteiger partial charge on any atom is -0.466 e. The summed E-state index contributed by atoms with van der Waals surface area (Å²) in [6.07, 6.45) is 1.55. The first-order valence-corrected chi connectivity index (χ1v) is 6.06. The zero-order chi connectivity index (χ0) is 13.5. The summed E-state index contributed by atoms with van der Waals surface area (Å²) in [7, 11) is 1.39. The first-order chi connectivity index (χ1) is 8.58. The summed E-state index contributed by atoms with van der Waals surface area (Å²) in [4.78, 5) is 34.7. The van der Waals surface area contributed by atoms with Gasteiger partial charge in [-0.25, -0.2) is 0 Å². The lowest BCUT2D eigenvalue weighted by Crippen LogP contribution is -2.44. The number of ketones is 1. The SMILES string of the molecule is CCOC(=O)CC(NC(=O)COC)C(=O)C1CC1. The third kappa shape index (κ3) is 4.83. The fourth-order valence-electron chi connectivity index (χ4n) is 1.63. The maximum absolute atomic E-state index is 11.9. The lowest BCUT2D eigenvalue weighted by molar-refractivity contribution is -0.145. The Balaban J connectivity index is 2.53. The summed E-state index contributed by atoms with van der Waals surface area (Å²) < 4.78 is 9.46. The predicted molar refractivity (Wildman–Crippen MR) is 62.8 cm³/mol. The van der Waals surface area contributed by atoms with Crippen LogP contribution in [0.1, 0.15) is 26.2 Å². The van der Waals surface area contributed by atoms with Crippen molar-refractivity contribution in [3.63, 3.8) is 0 Å². The summed E-state index contributed by atoms with van der Waals surface area (Å²) in [5.74, 6) is -0.991. The second kappa shape index (κ2) is 7.10. The van der Waals surface area contributed by atoms with Crippen molar-refractivity contribution in [2.45, 2.75) is 32.2 Å². The van der Waals surface area contributed by atoms with Crippen molar-refractivity contribution in [3.05, 3.63) is 0 Å². The van der Waals surface area contributed by atoms with Gasteiger partial charge in [0.2, 0.25) is 5.91 Å². The molecule has 0 radical (unpaired) electrons. The highest BCUT2D eigenvalue weighted by Crippen LogP contribution is 2.31. The monoisotopic (exact) mass is 257 g/mol. The van der Waals surface area contributed by atoms with Crippen LogP contribution in [0.15, 0.2) is 0 Å². The van der Waals surface area contributed by atoms with Gasteiger partial charge in [0.25, 0.3) is 0 Å². The highest BCUT2D eigenvalue weighted by Gasteiger charge is 2.36. The lowest BCUT2D eigenvalue weighted by Gasteiger charge is -2.16. The number of hydrogen-bond donors (Lipinski definition) is 1. The maximum Gasteiger partial charge on any atom is 0.308 e. The van der Waals surface area contributed by atoms with Crippen molar-refractivity contribution in [1.29, 1.82) is 0 Å². The van der Waals surface area contributed by atoms with Gasteiger partial charge in [0.05, 0.1) is 19.1 Å². The number of amides is 1. The van der Waals surface area contributed by atoms with Crippen LogP contribution in [-0.2, 0) is 23.9 Å². The zero-order valence-electron chi connectivity index (χ0n) is 10.7. The molecule has 1 fully saturated rings. The first kappa shape index (κ1) is 14.6. The molecule has 1 rings (SSSR count). The van der Waals surface area contributed by atoms with Crippen molar-refractivity contribution >= 4 is 17.7 Å². The smallest absolute Gasteiger partial charge is 0.308 e. The molecule has 1 unspecified atom stereocenters. The minimum absolute atomic E-state index is 0.0210. The van der Waals surface area contributed by atoms with Gasteiger partial charge in [-0.15, -0.1) is 0 Å². The van der Waals surface area contributed by atoms with Crippen molar-refractivity contribution in [2.24, 2.45) is 5.92 Å². The molecular weight excluding hydrogens is 238 g/mol. The minimum atomic E-state index is -0.792. The molecule has 18 heavy (non-hydrogen) atoms. The molecule has 6 nitrogen and oxygen atoms in total. The Hall–Kier alpha value is -1.43. The molecule has 0 aromatic rings. The van der Waals surface area contributed by atoms with Crippen LogP contribution in [-0.4, -0.2) is 44.0 Å². The molecule has 102 valence electrons. The van der Waals surface area contributed by atoms with Crippen LogP contribution in [0, 0.1) is 5.92 Å². The Morgan fingerprint density at radius 3 is 2.50 bits per heavy atom. The Morgan fingerprint density at radius 1 is 1.33 bits per heavy atom. The molecule has 1 aliphatic rings. The molecule has 6 heteroatoms. The normalized spacial score (nSPS) is 15.9. The van der Waals surface area contributed by atoms with Gasteiger partial charge in [-0.2, -0.15) is 0 Å². The third-order valence-electron chi connectivity index (χ3n) is 2.61. The number of methoxy groups -OCH3 is 1. The van der Waals surface area contributed by atoms with E-state index in [9.17, 15) is 14.4 Å². The second-order valence-electron chi connectivity index (χ2n) is 4.24. The Bertz CT molecular complexity index is 304. The van der Waals surface area contributed by atoms with Crippen LogP contribution in [0.4, 0.5) is 0 Å². The molecule has 0 aromatic carbocycles. The van der Waals surface area contributed by atoms with Crippen molar-refractivity contribution in [1.82, 2.24) is 5.32 Å². The Kier molecular flexibility index (Phi) is 5.77. The van der Waals surface area contributed by atoms with E-state index in [0.717, 1.165) is 12.8 Å². The molecule has 1 aliphatic carbocycles. The van der Waals surface area contributed by atoms with Crippen LogP contribution in [0.25, 0.3) is 0 Å². The maximum atomic E-state index is 11.9. The molecule has 0 bridgehead atoms. The zero-order valence-corrected chi connectivity index (χ0v) is 10.7. The predicted octanol–water partition coefficient (Wildman–Crippen LogP) is 0.0499. The first-order valence-electron chi connectivity index (χ1n) is 6.06. The summed E-state index contributed by atoms with van der Waals surface area (Å²) >= 11 is 0. The van der Waals surface area contributed by atoms with E-state index < -0.39 is 17.9 Å². The Morgan fingerprint density at radius 2 is 2.00 bits per heavy atom. The fraction of sp³-hybridized carbons (Fsp3) is 0.750. The molecule has 1 N–H and O–H groups in total. The summed E-state index contributed by atoms with van der Waals surface area (Å²) in [5, 5.41) is 2.51. The van der Waals surface area contributed by atoms with Crippen LogP contribution in [0.3, 0.4) is 0 Å². The summed E-state index contributed by atoms with van der Waals surface area (Å²) in [5.41, 5.74) is 0. The van der Waals surface area contributed by atoms with Crippen LogP contribution in [0.2, 0.25) is 0 Å². The fourth-order valence-corrected chi connectivity index (χ4v) is 1.63. The van der Waals surface area contributed by atoms with E-state index >= 15 is 0 Å². The van der Waals surface area contributed by atoms with Gasteiger partial charge in [-0.3, -0.25) is 14.4 Å². The lowest BCUT2D eigenvalue weighted by atomic mass is 10.1. The van der Waals surface area contributed by atoms with Crippen molar-refractivity contribution < 1.29 is 23.9 Å². The van der Waals surface area contributed by atoms with Crippen molar-refractivity contribution in [2.75, 3.05) is 20.3 Å². The number of Topliss-reactive ketones (excluding diaryl/α,β-unsaturated/α-hetero) is 1. The average Bonchev–Trinajstić information content (AvgIpc) is 3.11. The number of rotatable bonds is 8. The topological polar surface area (TPSA) is 81.7 Å². The quantitative estimate of drug-likeness (QED) is 0.621. The van der Waals surface area contributed by atoms with Gasteiger partial charge in [0.1, 0.15) is 6.61 Å². The number of nitrogens with one attached hydrogen (secondary N) is 1. The number of carbonyl (C=O) groups is 3. The van der Waals surface area contributed by atoms with Gasteiger partial charge >= 0.3 is 5.97 Å². The van der Waals surface area contributed by atoms with E-state index in [1.165, 1.54) is 7.11 Å². The molecule has 1 saturated carbocycles. The second-order valence-corrected chi connectivity index (χ2v) is 4.24. The van der Waals surface area contributed by atoms with Gasteiger partial charge in [-0.1, -0.05) is 0 Å². The molecule has 0 aliphatic heterocycles. The van der Waals surface area contributed by atoms with E-state index in [-0.39, 0.29) is 31.3 Å². The van der Waals surface area contributed by atoms with Gasteiger partial charge < -0.3 is 14.8 Å². The molecule has 0 spiro atoms. The molecule has 1 amide bonds. The van der Waals surface area contributed by atoms with E-state index in [1.54, 1.807) is 6.92 Å².